The number of carbonyl (C=O) groups is 2. The average molecular weight is 459 g/mol. The van der Waals surface area contributed by atoms with Crippen LogP contribution in [0.3, 0.4) is 0 Å². The van der Waals surface area contributed by atoms with E-state index in [2.05, 4.69) is 25.2 Å². The Morgan fingerprint density at radius 3 is 2.71 bits per heavy atom. The molecular weight excluding hydrogens is 436 g/mol. The fraction of sp³-hybridized carbons (Fsp3) is 0.350. The van der Waals surface area contributed by atoms with Gasteiger partial charge in [0.2, 0.25) is 0 Å². The van der Waals surface area contributed by atoms with Gasteiger partial charge in [-0.25, -0.2) is 9.97 Å². The predicted molar refractivity (Wildman–Crippen MR) is 123 cm³/mol. The number of anilines is 1. The molecule has 2 amide bonds. The first-order chi connectivity index (χ1) is 14.9. The maximum atomic E-state index is 12.8. The number of hydrogen-bond donors (Lipinski definition) is 2. The van der Waals surface area contributed by atoms with Crippen molar-refractivity contribution in [2.24, 2.45) is 0 Å². The van der Waals surface area contributed by atoms with Crippen LogP contribution in [0.25, 0.3) is 10.2 Å². The van der Waals surface area contributed by atoms with Crippen LogP contribution < -0.4 is 10.9 Å². The lowest BCUT2D eigenvalue weighted by molar-refractivity contribution is 0.0664. The number of likely N-dealkylation sites (N-methyl/N-ethyl adjacent to an activating group) is 1. The van der Waals surface area contributed by atoms with Crippen molar-refractivity contribution in [3.63, 3.8) is 0 Å². The van der Waals surface area contributed by atoms with Gasteiger partial charge in [-0.05, 0) is 31.5 Å². The Morgan fingerprint density at radius 1 is 1.19 bits per heavy atom. The van der Waals surface area contributed by atoms with Crippen LogP contribution in [0, 0.1) is 0 Å². The number of nitrogens with zero attached hydrogens (tertiary/aromatic N) is 4. The van der Waals surface area contributed by atoms with Gasteiger partial charge in [0.1, 0.15) is 11.5 Å². The SMILES string of the molecule is CSCc1nc(C(=O)Nc2nc3ccc(C(=O)N4CCN(C)CC4)cc3s2)cc(=O)[nH]1. The minimum Gasteiger partial charge on any atom is -0.336 e. The molecular formula is C20H22N6O3S2. The van der Waals surface area contributed by atoms with E-state index in [9.17, 15) is 14.4 Å². The number of H-pyrrole nitrogens is 1. The molecule has 0 bridgehead atoms. The molecule has 1 aliphatic heterocycles. The minimum absolute atomic E-state index is 0.00280. The van der Waals surface area contributed by atoms with Gasteiger partial charge in [-0.3, -0.25) is 19.7 Å². The van der Waals surface area contributed by atoms with E-state index in [4.69, 9.17) is 0 Å². The molecule has 1 aliphatic rings. The third-order valence-corrected chi connectivity index (χ3v) is 6.45. The summed E-state index contributed by atoms with van der Waals surface area (Å²) in [6.45, 7) is 3.14. The Labute approximate surface area is 186 Å². The molecule has 0 radical (unpaired) electrons. The lowest BCUT2D eigenvalue weighted by Gasteiger charge is -2.32. The predicted octanol–water partition coefficient (Wildman–Crippen LogP) is 1.88. The maximum Gasteiger partial charge on any atom is 0.276 e. The summed E-state index contributed by atoms with van der Waals surface area (Å²) < 4.78 is 0.803. The summed E-state index contributed by atoms with van der Waals surface area (Å²) in [4.78, 5) is 52.5. The van der Waals surface area contributed by atoms with Crippen LogP contribution in [0.1, 0.15) is 26.7 Å². The van der Waals surface area contributed by atoms with Gasteiger partial charge in [0.05, 0.1) is 16.0 Å². The van der Waals surface area contributed by atoms with Gasteiger partial charge in [0.25, 0.3) is 17.4 Å². The summed E-state index contributed by atoms with van der Waals surface area (Å²) in [5.41, 5.74) is 0.965. The highest BCUT2D eigenvalue weighted by atomic mass is 32.2. The average Bonchev–Trinajstić information content (AvgIpc) is 3.15. The highest BCUT2D eigenvalue weighted by molar-refractivity contribution is 7.97. The summed E-state index contributed by atoms with van der Waals surface area (Å²) in [5.74, 6) is 0.451. The van der Waals surface area contributed by atoms with Crippen molar-refractivity contribution in [3.05, 3.63) is 51.7 Å². The first-order valence-electron chi connectivity index (χ1n) is 9.72. The summed E-state index contributed by atoms with van der Waals surface area (Å²) in [5, 5.41) is 3.09. The minimum atomic E-state index is -0.499. The molecule has 4 rings (SSSR count). The number of fused-ring (bicyclic) bond motifs is 1. The van der Waals surface area contributed by atoms with E-state index in [1.54, 1.807) is 12.1 Å². The Kier molecular flexibility index (Phi) is 6.35. The van der Waals surface area contributed by atoms with E-state index in [-0.39, 0.29) is 17.2 Å². The van der Waals surface area contributed by atoms with Gasteiger partial charge in [0.15, 0.2) is 5.13 Å². The van der Waals surface area contributed by atoms with E-state index in [0.717, 1.165) is 17.8 Å². The zero-order valence-corrected chi connectivity index (χ0v) is 18.8. The fourth-order valence-corrected chi connectivity index (χ4v) is 4.60. The molecule has 11 heteroatoms. The van der Waals surface area contributed by atoms with Gasteiger partial charge in [-0.15, -0.1) is 0 Å². The van der Waals surface area contributed by atoms with Crippen LogP contribution in [0.5, 0.6) is 0 Å². The second-order valence-corrected chi connectivity index (χ2v) is 9.16. The monoisotopic (exact) mass is 458 g/mol. The van der Waals surface area contributed by atoms with Crippen molar-refractivity contribution in [2.75, 3.05) is 44.8 Å². The fourth-order valence-electron chi connectivity index (χ4n) is 3.29. The third kappa shape index (κ3) is 4.94. The van der Waals surface area contributed by atoms with Crippen molar-refractivity contribution in [1.29, 1.82) is 0 Å². The van der Waals surface area contributed by atoms with Gasteiger partial charge >= 0.3 is 0 Å². The summed E-state index contributed by atoms with van der Waals surface area (Å²) >= 11 is 2.77. The highest BCUT2D eigenvalue weighted by Crippen LogP contribution is 2.27. The topological polar surface area (TPSA) is 111 Å². The van der Waals surface area contributed by atoms with Crippen LogP contribution >= 0.6 is 23.1 Å². The first kappa shape index (κ1) is 21.5. The van der Waals surface area contributed by atoms with Gasteiger partial charge in [-0.2, -0.15) is 11.8 Å². The molecule has 2 aromatic heterocycles. The van der Waals surface area contributed by atoms with E-state index in [0.29, 0.717) is 40.9 Å². The molecule has 0 spiro atoms. The Bertz CT molecular complexity index is 1180. The first-order valence-corrected chi connectivity index (χ1v) is 11.9. The van der Waals surface area contributed by atoms with E-state index in [1.165, 1.54) is 29.2 Å². The summed E-state index contributed by atoms with van der Waals surface area (Å²) in [7, 11) is 2.05. The molecule has 3 aromatic rings. The zero-order valence-electron chi connectivity index (χ0n) is 17.2. The lowest BCUT2D eigenvalue weighted by Crippen LogP contribution is -2.47. The molecule has 1 fully saturated rings. The molecule has 1 saturated heterocycles. The quantitative estimate of drug-likeness (QED) is 0.600. The van der Waals surface area contributed by atoms with E-state index >= 15 is 0 Å². The molecule has 9 nitrogen and oxygen atoms in total. The van der Waals surface area contributed by atoms with Crippen molar-refractivity contribution < 1.29 is 9.59 Å². The number of amides is 2. The normalized spacial score (nSPS) is 14.7. The van der Waals surface area contributed by atoms with Gasteiger partial charge in [0, 0.05) is 37.8 Å². The number of hydrogen-bond acceptors (Lipinski definition) is 8. The number of nitrogens with one attached hydrogen (secondary N) is 2. The number of thioether (sulfide) groups is 1. The van der Waals surface area contributed by atoms with Crippen molar-refractivity contribution in [2.45, 2.75) is 5.75 Å². The molecule has 0 unspecified atom stereocenters. The lowest BCUT2D eigenvalue weighted by atomic mass is 10.1. The summed E-state index contributed by atoms with van der Waals surface area (Å²) in [6.07, 6.45) is 1.89. The molecule has 31 heavy (non-hydrogen) atoms. The molecule has 162 valence electrons. The second kappa shape index (κ2) is 9.16. The van der Waals surface area contributed by atoms with Gasteiger partial charge in [-0.1, -0.05) is 11.3 Å². The van der Waals surface area contributed by atoms with Crippen LogP contribution in [0.2, 0.25) is 0 Å². The molecule has 0 saturated carbocycles. The summed E-state index contributed by atoms with van der Waals surface area (Å²) in [6, 6.07) is 6.53. The van der Waals surface area contributed by atoms with E-state index in [1.807, 2.05) is 24.3 Å². The van der Waals surface area contributed by atoms with Gasteiger partial charge < -0.3 is 14.8 Å². The third-order valence-electron chi connectivity index (χ3n) is 4.95. The molecule has 3 heterocycles. The number of piperazine rings is 1. The van der Waals surface area contributed by atoms with Crippen molar-refractivity contribution >= 4 is 50.3 Å². The molecule has 0 atom stereocenters. The number of rotatable bonds is 5. The number of carbonyl (C=O) groups excluding carboxylic acids is 2. The zero-order chi connectivity index (χ0) is 22.0. The van der Waals surface area contributed by atoms with Crippen LogP contribution in [0.15, 0.2) is 29.1 Å². The number of thiazole rings is 1. The van der Waals surface area contributed by atoms with E-state index < -0.39 is 5.91 Å². The maximum absolute atomic E-state index is 12.8. The van der Waals surface area contributed by atoms with Crippen molar-refractivity contribution in [1.82, 2.24) is 24.8 Å². The highest BCUT2D eigenvalue weighted by Gasteiger charge is 2.21. The number of aromatic amines is 1. The molecule has 1 aromatic carbocycles. The van der Waals surface area contributed by atoms with Crippen molar-refractivity contribution in [3.8, 4) is 0 Å². The smallest absolute Gasteiger partial charge is 0.276 e. The van der Waals surface area contributed by atoms with Crippen LogP contribution in [-0.2, 0) is 5.75 Å². The molecule has 2 N–H and O–H groups in total. The largest absolute Gasteiger partial charge is 0.336 e. The van der Waals surface area contributed by atoms with Crippen LogP contribution in [-0.4, -0.2) is 76.0 Å². The Hall–Kier alpha value is -2.76. The number of aromatic nitrogens is 3. The second-order valence-electron chi connectivity index (χ2n) is 7.26. The Morgan fingerprint density at radius 2 is 1.97 bits per heavy atom. The molecule has 0 aliphatic carbocycles. The Balaban J connectivity index is 1.51. The number of benzene rings is 1. The van der Waals surface area contributed by atoms with Crippen LogP contribution in [0.4, 0.5) is 5.13 Å². The standard InChI is InChI=1S/C20H22N6O3S2/c1-25-5-7-26(8-6-25)19(29)12-3-4-13-15(9-12)31-20(22-13)24-18(28)14-10-17(27)23-16(21-14)11-30-2/h3-4,9-10H,5-8,11H2,1-2H3,(H,21,23,27)(H,22,24,28).